The van der Waals surface area contributed by atoms with E-state index in [2.05, 4.69) is 5.92 Å². The predicted molar refractivity (Wildman–Crippen MR) is 109 cm³/mol. The highest BCUT2D eigenvalue weighted by molar-refractivity contribution is 6.42. The summed E-state index contributed by atoms with van der Waals surface area (Å²) in [5, 5.41) is 3.24. The van der Waals surface area contributed by atoms with Gasteiger partial charge >= 0.3 is 0 Å². The first kappa shape index (κ1) is 20.8. The predicted octanol–water partition coefficient (Wildman–Crippen LogP) is 4.92. The van der Waals surface area contributed by atoms with Gasteiger partial charge in [0.15, 0.2) is 0 Å². The summed E-state index contributed by atoms with van der Waals surface area (Å²) in [6.45, 7) is 5.41. The van der Waals surface area contributed by atoms with E-state index in [1.54, 1.807) is 36.4 Å². The number of amides is 2. The van der Waals surface area contributed by atoms with Crippen LogP contribution in [0.5, 0.6) is 0 Å². The fourth-order valence-corrected chi connectivity index (χ4v) is 2.88. The Bertz CT molecular complexity index is 883. The van der Waals surface area contributed by atoms with Crippen LogP contribution in [0.25, 0.3) is 0 Å². The average Bonchev–Trinajstić information content (AvgIpc) is 2.62. The number of rotatable bonds is 3. The summed E-state index contributed by atoms with van der Waals surface area (Å²) >= 11 is 12.0. The van der Waals surface area contributed by atoms with Crippen molar-refractivity contribution in [1.29, 1.82) is 0 Å². The van der Waals surface area contributed by atoms with E-state index >= 15 is 0 Å². The van der Waals surface area contributed by atoms with E-state index in [1.807, 2.05) is 26.8 Å². The Morgan fingerprint density at radius 1 is 0.963 bits per heavy atom. The van der Waals surface area contributed by atoms with Crippen molar-refractivity contribution >= 4 is 35.0 Å². The van der Waals surface area contributed by atoms with Gasteiger partial charge in [0.25, 0.3) is 11.8 Å². The van der Waals surface area contributed by atoms with Gasteiger partial charge in [-0.05, 0) is 51.1 Å². The molecule has 2 amide bonds. The van der Waals surface area contributed by atoms with E-state index < -0.39 is 11.4 Å². The average molecular weight is 403 g/mol. The summed E-state index contributed by atoms with van der Waals surface area (Å²) < 4.78 is 0. The molecule has 0 unspecified atom stereocenters. The van der Waals surface area contributed by atoms with Crippen LogP contribution in [-0.2, 0) is 0 Å². The van der Waals surface area contributed by atoms with Crippen molar-refractivity contribution in [2.45, 2.75) is 26.3 Å². The van der Waals surface area contributed by atoms with Crippen molar-refractivity contribution in [2.75, 3.05) is 6.54 Å². The van der Waals surface area contributed by atoms with Gasteiger partial charge in [0.05, 0.1) is 15.6 Å². The SMILES string of the molecule is C#CCN(C(=O)c1ccccc1)N(C(=O)c1ccc(Cl)c(Cl)c1)C(C)(C)C. The molecule has 0 aromatic heterocycles. The maximum atomic E-state index is 13.3. The topological polar surface area (TPSA) is 40.6 Å². The standard InChI is InChI=1S/C21H20Cl2N2O2/c1-5-13-24(19(26)15-9-7-6-8-10-15)25(21(2,3)4)20(27)16-11-12-17(22)18(23)14-16/h1,6-12,14H,13H2,2-4H3. The number of benzene rings is 2. The van der Waals surface area contributed by atoms with Gasteiger partial charge in [-0.25, -0.2) is 10.0 Å². The number of carbonyl (C=O) groups is 2. The lowest BCUT2D eigenvalue weighted by Crippen LogP contribution is -2.58. The molecule has 0 aliphatic rings. The number of terminal acetylenes is 1. The molecule has 0 fully saturated rings. The molecule has 0 N–H and O–H groups in total. The summed E-state index contributed by atoms with van der Waals surface area (Å²) in [5.41, 5.74) is 0.0240. The molecule has 27 heavy (non-hydrogen) atoms. The quantitative estimate of drug-likeness (QED) is 0.539. The van der Waals surface area contributed by atoms with E-state index in [0.717, 1.165) is 0 Å². The number of nitrogens with zero attached hydrogens (tertiary/aromatic N) is 2. The first-order valence-corrected chi connectivity index (χ1v) is 9.02. The van der Waals surface area contributed by atoms with Crippen LogP contribution in [0.1, 0.15) is 41.5 Å². The summed E-state index contributed by atoms with van der Waals surface area (Å²) in [6, 6.07) is 13.3. The second-order valence-electron chi connectivity index (χ2n) is 6.85. The highest BCUT2D eigenvalue weighted by Gasteiger charge is 2.35. The minimum atomic E-state index is -0.718. The van der Waals surface area contributed by atoms with Crippen molar-refractivity contribution in [1.82, 2.24) is 10.0 Å². The van der Waals surface area contributed by atoms with Gasteiger partial charge in [-0.3, -0.25) is 9.59 Å². The molecule has 2 aromatic rings. The second-order valence-corrected chi connectivity index (χ2v) is 7.66. The lowest BCUT2D eigenvalue weighted by atomic mass is 10.1. The maximum Gasteiger partial charge on any atom is 0.273 e. The second kappa shape index (κ2) is 8.47. The Morgan fingerprint density at radius 2 is 1.59 bits per heavy atom. The first-order chi connectivity index (χ1) is 12.7. The molecule has 4 nitrogen and oxygen atoms in total. The number of hydrogen-bond donors (Lipinski definition) is 0. The number of hydrogen-bond acceptors (Lipinski definition) is 2. The van der Waals surface area contributed by atoms with E-state index in [0.29, 0.717) is 16.1 Å². The fraction of sp³-hybridized carbons (Fsp3) is 0.238. The Kier molecular flexibility index (Phi) is 6.54. The molecule has 0 aliphatic carbocycles. The molecule has 0 radical (unpaired) electrons. The van der Waals surface area contributed by atoms with Gasteiger partial charge in [-0.1, -0.05) is 47.3 Å². The van der Waals surface area contributed by atoms with Crippen LogP contribution in [0.15, 0.2) is 48.5 Å². The molecule has 0 atom stereocenters. The van der Waals surface area contributed by atoms with Gasteiger partial charge in [-0.15, -0.1) is 6.42 Å². The zero-order valence-corrected chi connectivity index (χ0v) is 16.9. The molecule has 0 saturated heterocycles. The highest BCUT2D eigenvalue weighted by Crippen LogP contribution is 2.26. The van der Waals surface area contributed by atoms with Crippen LogP contribution >= 0.6 is 23.2 Å². The van der Waals surface area contributed by atoms with Crippen LogP contribution in [0, 0.1) is 12.3 Å². The minimum Gasteiger partial charge on any atom is -0.267 e. The van der Waals surface area contributed by atoms with Crippen molar-refractivity contribution in [3.05, 3.63) is 69.7 Å². The third-order valence-electron chi connectivity index (χ3n) is 3.73. The summed E-state index contributed by atoms with van der Waals surface area (Å²) in [7, 11) is 0. The zero-order valence-electron chi connectivity index (χ0n) is 15.4. The molecule has 2 aromatic carbocycles. The molecule has 0 spiro atoms. The van der Waals surface area contributed by atoms with E-state index in [4.69, 9.17) is 29.6 Å². The lowest BCUT2D eigenvalue weighted by Gasteiger charge is -2.42. The molecule has 0 heterocycles. The molecular formula is C21H20Cl2N2O2. The Hall–Kier alpha value is -2.48. The number of carbonyl (C=O) groups excluding carboxylic acids is 2. The number of halogens is 2. The molecule has 140 valence electrons. The number of hydrazine groups is 1. The Labute approximate surface area is 169 Å². The van der Waals surface area contributed by atoms with E-state index in [1.165, 1.54) is 16.1 Å². The summed E-state index contributed by atoms with van der Waals surface area (Å²) in [5.74, 6) is 1.70. The van der Waals surface area contributed by atoms with Crippen LogP contribution in [0.3, 0.4) is 0 Å². The highest BCUT2D eigenvalue weighted by atomic mass is 35.5. The third kappa shape index (κ3) is 4.82. The molecule has 0 bridgehead atoms. The normalized spacial score (nSPS) is 10.8. The fourth-order valence-electron chi connectivity index (χ4n) is 2.58. The van der Waals surface area contributed by atoms with Crippen molar-refractivity contribution in [3.63, 3.8) is 0 Å². The van der Waals surface area contributed by atoms with Crippen LogP contribution in [-0.4, -0.2) is 33.9 Å². The van der Waals surface area contributed by atoms with Gasteiger partial charge in [0.1, 0.15) is 6.54 Å². The molecular weight excluding hydrogens is 383 g/mol. The van der Waals surface area contributed by atoms with E-state index in [9.17, 15) is 9.59 Å². The van der Waals surface area contributed by atoms with Gasteiger partial charge in [0.2, 0.25) is 0 Å². The largest absolute Gasteiger partial charge is 0.273 e. The van der Waals surface area contributed by atoms with Crippen molar-refractivity contribution in [2.24, 2.45) is 0 Å². The van der Waals surface area contributed by atoms with Gasteiger partial charge in [0, 0.05) is 11.1 Å². The van der Waals surface area contributed by atoms with Crippen molar-refractivity contribution in [3.8, 4) is 12.3 Å². The zero-order chi connectivity index (χ0) is 20.2. The molecule has 2 rings (SSSR count). The van der Waals surface area contributed by atoms with Crippen LogP contribution in [0.2, 0.25) is 10.0 Å². The van der Waals surface area contributed by atoms with Crippen molar-refractivity contribution < 1.29 is 9.59 Å². The maximum absolute atomic E-state index is 13.3. The first-order valence-electron chi connectivity index (χ1n) is 8.26. The van der Waals surface area contributed by atoms with Crippen LogP contribution in [0.4, 0.5) is 0 Å². The molecule has 0 saturated carbocycles. The van der Waals surface area contributed by atoms with Gasteiger partial charge in [-0.2, -0.15) is 0 Å². The monoisotopic (exact) mass is 402 g/mol. The summed E-state index contributed by atoms with van der Waals surface area (Å²) in [4.78, 5) is 26.3. The lowest BCUT2D eigenvalue weighted by molar-refractivity contribution is -0.0371. The molecule has 0 aliphatic heterocycles. The Balaban J connectivity index is 2.51. The van der Waals surface area contributed by atoms with Gasteiger partial charge < -0.3 is 0 Å². The summed E-state index contributed by atoms with van der Waals surface area (Å²) in [6.07, 6.45) is 5.49. The smallest absolute Gasteiger partial charge is 0.267 e. The van der Waals surface area contributed by atoms with Crippen LogP contribution < -0.4 is 0 Å². The Morgan fingerprint density at radius 3 is 2.11 bits per heavy atom. The molecule has 6 heteroatoms. The van der Waals surface area contributed by atoms with E-state index in [-0.39, 0.29) is 17.5 Å². The minimum absolute atomic E-state index is 0.0575. The third-order valence-corrected chi connectivity index (χ3v) is 4.47.